The van der Waals surface area contributed by atoms with Gasteiger partial charge >= 0.3 is 0 Å². The summed E-state index contributed by atoms with van der Waals surface area (Å²) in [5, 5.41) is 5.09. The van der Waals surface area contributed by atoms with Crippen molar-refractivity contribution in [1.29, 1.82) is 0 Å². The van der Waals surface area contributed by atoms with Gasteiger partial charge in [0.25, 0.3) is 11.8 Å². The van der Waals surface area contributed by atoms with Crippen LogP contribution in [0.25, 0.3) is 0 Å². The van der Waals surface area contributed by atoms with E-state index in [1.54, 1.807) is 30.3 Å². The first kappa shape index (κ1) is 13.1. The van der Waals surface area contributed by atoms with Gasteiger partial charge in [0.2, 0.25) is 0 Å². The fourth-order valence-electron chi connectivity index (χ4n) is 2.04. The number of rotatable bonds is 2. The van der Waals surface area contributed by atoms with Gasteiger partial charge in [-0.1, -0.05) is 18.2 Å². The Hall–Kier alpha value is -2.89. The van der Waals surface area contributed by atoms with Crippen molar-refractivity contribution in [3.63, 3.8) is 0 Å². The highest BCUT2D eigenvalue weighted by Crippen LogP contribution is 2.36. The number of hydrogen-bond donors (Lipinski definition) is 2. The van der Waals surface area contributed by atoms with Crippen LogP contribution in [0, 0.1) is 5.82 Å². The minimum Gasteiger partial charge on any atom is -0.479 e. The normalized spacial score (nSPS) is 12.9. The number of halogens is 1. The van der Waals surface area contributed by atoms with Crippen LogP contribution in [-0.2, 0) is 4.79 Å². The number of carbonyl (C=O) groups excluding carboxylic acids is 2. The maximum atomic E-state index is 13.6. The second-order valence-electron chi connectivity index (χ2n) is 4.49. The lowest BCUT2D eigenvalue weighted by atomic mass is 10.2. The quantitative estimate of drug-likeness (QED) is 0.891. The van der Waals surface area contributed by atoms with Gasteiger partial charge in [-0.15, -0.1) is 0 Å². The van der Waals surface area contributed by atoms with Crippen LogP contribution in [0.2, 0.25) is 0 Å². The minimum atomic E-state index is -0.581. The van der Waals surface area contributed by atoms with E-state index in [1.807, 2.05) is 0 Å². The molecule has 0 unspecified atom stereocenters. The number of nitrogens with one attached hydrogen (secondary N) is 2. The highest BCUT2D eigenvalue weighted by molar-refractivity contribution is 6.06. The van der Waals surface area contributed by atoms with E-state index in [2.05, 4.69) is 10.6 Å². The van der Waals surface area contributed by atoms with Gasteiger partial charge in [-0.25, -0.2) is 4.39 Å². The van der Waals surface area contributed by atoms with Crippen molar-refractivity contribution >= 4 is 23.2 Å². The number of fused-ring (bicyclic) bond motifs is 1. The van der Waals surface area contributed by atoms with Gasteiger partial charge in [-0.2, -0.15) is 0 Å². The van der Waals surface area contributed by atoms with Gasteiger partial charge in [0, 0.05) is 17.7 Å². The van der Waals surface area contributed by atoms with Gasteiger partial charge in [0.1, 0.15) is 5.82 Å². The molecule has 1 aliphatic heterocycles. The van der Waals surface area contributed by atoms with Gasteiger partial charge in [0.05, 0.1) is 11.4 Å². The molecule has 3 rings (SSSR count). The molecule has 0 spiro atoms. The van der Waals surface area contributed by atoms with E-state index in [9.17, 15) is 14.0 Å². The number of ether oxygens (including phenoxy) is 1. The Labute approximate surface area is 119 Å². The monoisotopic (exact) mass is 286 g/mol. The zero-order valence-corrected chi connectivity index (χ0v) is 10.9. The molecule has 1 heterocycles. The lowest BCUT2D eigenvalue weighted by molar-refractivity contribution is -0.118. The lowest BCUT2D eigenvalue weighted by Gasteiger charge is -2.21. The number of amides is 2. The van der Waals surface area contributed by atoms with E-state index >= 15 is 0 Å². The first-order valence-corrected chi connectivity index (χ1v) is 6.26. The summed E-state index contributed by atoms with van der Waals surface area (Å²) in [6, 6.07) is 10.8. The van der Waals surface area contributed by atoms with Crippen molar-refractivity contribution in [1.82, 2.24) is 0 Å². The zero-order chi connectivity index (χ0) is 14.8. The molecule has 1 aliphatic rings. The summed E-state index contributed by atoms with van der Waals surface area (Å²) in [6.45, 7) is -0.174. The number of anilines is 2. The molecule has 6 heteroatoms. The van der Waals surface area contributed by atoms with Crippen molar-refractivity contribution in [2.24, 2.45) is 0 Å². The predicted molar refractivity (Wildman–Crippen MR) is 74.9 cm³/mol. The van der Waals surface area contributed by atoms with Crippen molar-refractivity contribution in [3.05, 3.63) is 53.8 Å². The Morgan fingerprint density at radius 2 is 2.00 bits per heavy atom. The van der Waals surface area contributed by atoms with Gasteiger partial charge in [0.15, 0.2) is 12.4 Å². The SMILES string of the molecule is O=C1COc2c(cc(F)cc2NC(=O)c2ccccc2)N1. The van der Waals surface area contributed by atoms with Crippen LogP contribution in [0.3, 0.4) is 0 Å². The molecular formula is C15H11FN2O3. The van der Waals surface area contributed by atoms with E-state index in [0.717, 1.165) is 12.1 Å². The summed E-state index contributed by atoms with van der Waals surface area (Å²) in [6.07, 6.45) is 0. The van der Waals surface area contributed by atoms with E-state index in [1.165, 1.54) is 0 Å². The first-order valence-electron chi connectivity index (χ1n) is 6.26. The van der Waals surface area contributed by atoms with Crippen LogP contribution in [0.4, 0.5) is 15.8 Å². The minimum absolute atomic E-state index is 0.174. The predicted octanol–water partition coefficient (Wildman–Crippen LogP) is 2.41. The average Bonchev–Trinajstić information content (AvgIpc) is 2.47. The molecule has 21 heavy (non-hydrogen) atoms. The van der Waals surface area contributed by atoms with Gasteiger partial charge in [-0.3, -0.25) is 9.59 Å². The molecule has 2 amide bonds. The smallest absolute Gasteiger partial charge is 0.262 e. The van der Waals surface area contributed by atoms with E-state index in [4.69, 9.17) is 4.74 Å². The third kappa shape index (κ3) is 2.69. The van der Waals surface area contributed by atoms with E-state index in [-0.39, 0.29) is 35.5 Å². The van der Waals surface area contributed by atoms with Gasteiger partial charge < -0.3 is 15.4 Å². The summed E-state index contributed by atoms with van der Waals surface area (Å²) in [4.78, 5) is 23.3. The molecule has 2 aromatic carbocycles. The number of benzene rings is 2. The molecule has 0 aromatic heterocycles. The van der Waals surface area contributed by atoms with E-state index < -0.39 is 5.82 Å². The van der Waals surface area contributed by atoms with E-state index in [0.29, 0.717) is 5.56 Å². The summed E-state index contributed by atoms with van der Waals surface area (Å²) >= 11 is 0. The molecule has 0 fully saturated rings. The van der Waals surface area contributed by atoms with Crippen molar-refractivity contribution < 1.29 is 18.7 Å². The Morgan fingerprint density at radius 1 is 1.24 bits per heavy atom. The standard InChI is InChI=1S/C15H11FN2O3/c16-10-6-11-14(21-8-13(19)17-11)12(7-10)18-15(20)9-4-2-1-3-5-9/h1-7H,8H2,(H,17,19)(H,18,20). The molecule has 0 atom stereocenters. The second-order valence-corrected chi connectivity index (χ2v) is 4.49. The molecular weight excluding hydrogens is 275 g/mol. The molecule has 0 aliphatic carbocycles. The van der Waals surface area contributed by atoms with Gasteiger partial charge in [-0.05, 0) is 12.1 Å². The molecule has 0 radical (unpaired) electrons. The Balaban J connectivity index is 1.92. The summed E-state index contributed by atoms with van der Waals surface area (Å²) in [5.74, 6) is -1.08. The third-order valence-electron chi connectivity index (χ3n) is 2.96. The highest BCUT2D eigenvalue weighted by Gasteiger charge is 2.22. The van der Waals surface area contributed by atoms with Crippen LogP contribution in [-0.4, -0.2) is 18.4 Å². The van der Waals surface area contributed by atoms with Crippen LogP contribution in [0.1, 0.15) is 10.4 Å². The largest absolute Gasteiger partial charge is 0.479 e. The molecule has 0 saturated heterocycles. The molecule has 5 nitrogen and oxygen atoms in total. The molecule has 2 N–H and O–H groups in total. The summed E-state index contributed by atoms with van der Waals surface area (Å²) in [7, 11) is 0. The summed E-state index contributed by atoms with van der Waals surface area (Å²) in [5.41, 5.74) is 0.823. The fourth-order valence-corrected chi connectivity index (χ4v) is 2.04. The zero-order valence-electron chi connectivity index (χ0n) is 10.9. The Bertz CT molecular complexity index is 716. The molecule has 0 bridgehead atoms. The van der Waals surface area contributed by atoms with Crippen molar-refractivity contribution in [3.8, 4) is 5.75 Å². The van der Waals surface area contributed by atoms with Crippen LogP contribution >= 0.6 is 0 Å². The topological polar surface area (TPSA) is 67.4 Å². The van der Waals surface area contributed by atoms with Crippen molar-refractivity contribution in [2.75, 3.05) is 17.2 Å². The Morgan fingerprint density at radius 3 is 2.76 bits per heavy atom. The molecule has 0 saturated carbocycles. The number of carbonyl (C=O) groups is 2. The van der Waals surface area contributed by atoms with Crippen LogP contribution in [0.15, 0.2) is 42.5 Å². The second kappa shape index (κ2) is 5.24. The first-order chi connectivity index (χ1) is 10.1. The fraction of sp³-hybridized carbons (Fsp3) is 0.0667. The molecule has 2 aromatic rings. The lowest BCUT2D eigenvalue weighted by Crippen LogP contribution is -2.26. The highest BCUT2D eigenvalue weighted by atomic mass is 19.1. The maximum absolute atomic E-state index is 13.6. The van der Waals surface area contributed by atoms with Crippen molar-refractivity contribution in [2.45, 2.75) is 0 Å². The number of hydrogen-bond acceptors (Lipinski definition) is 3. The third-order valence-corrected chi connectivity index (χ3v) is 2.96. The summed E-state index contributed by atoms with van der Waals surface area (Å²) < 4.78 is 18.8. The molecule has 106 valence electrons. The van der Waals surface area contributed by atoms with Crippen LogP contribution in [0.5, 0.6) is 5.75 Å². The maximum Gasteiger partial charge on any atom is 0.262 e. The van der Waals surface area contributed by atoms with Crippen LogP contribution < -0.4 is 15.4 Å². The Kier molecular flexibility index (Phi) is 3.27. The average molecular weight is 286 g/mol.